The third-order valence-electron chi connectivity index (χ3n) is 4.89. The van der Waals surface area contributed by atoms with Crippen LogP contribution < -0.4 is 0 Å². The van der Waals surface area contributed by atoms with E-state index in [9.17, 15) is 0 Å². The molecule has 1 aliphatic heterocycles. The standard InChI is InChI=1S/C14H29N/c1-10(2)14(11(3)4)8-9-15(12(5)6)13(14)7/h10-13H,8-9H2,1-7H3. The molecule has 1 nitrogen and oxygen atoms in total. The lowest BCUT2D eigenvalue weighted by molar-refractivity contribution is 0.0528. The van der Waals surface area contributed by atoms with Crippen LogP contribution in [0, 0.1) is 17.3 Å². The van der Waals surface area contributed by atoms with Gasteiger partial charge in [0.15, 0.2) is 0 Å². The lowest BCUT2D eigenvalue weighted by Gasteiger charge is -2.44. The Labute approximate surface area is 96.2 Å². The molecule has 0 saturated carbocycles. The second-order valence-corrected chi connectivity index (χ2v) is 6.18. The quantitative estimate of drug-likeness (QED) is 0.686. The van der Waals surface area contributed by atoms with Gasteiger partial charge in [0.25, 0.3) is 0 Å². The van der Waals surface area contributed by atoms with Gasteiger partial charge in [-0.25, -0.2) is 0 Å². The maximum absolute atomic E-state index is 2.68. The van der Waals surface area contributed by atoms with Crippen LogP contribution in [0.15, 0.2) is 0 Å². The van der Waals surface area contributed by atoms with E-state index in [0.29, 0.717) is 11.5 Å². The first-order valence-electron chi connectivity index (χ1n) is 6.59. The van der Waals surface area contributed by atoms with E-state index in [1.54, 1.807) is 0 Å². The highest BCUT2D eigenvalue weighted by molar-refractivity contribution is 5.01. The Morgan fingerprint density at radius 1 is 1.00 bits per heavy atom. The summed E-state index contributed by atoms with van der Waals surface area (Å²) >= 11 is 0. The first-order valence-corrected chi connectivity index (χ1v) is 6.59. The molecule has 1 saturated heterocycles. The fraction of sp³-hybridized carbons (Fsp3) is 1.00. The third-order valence-corrected chi connectivity index (χ3v) is 4.89. The molecule has 0 radical (unpaired) electrons. The van der Waals surface area contributed by atoms with Gasteiger partial charge in [0, 0.05) is 12.1 Å². The Hall–Kier alpha value is -0.0400. The van der Waals surface area contributed by atoms with E-state index in [2.05, 4.69) is 53.4 Å². The number of hydrogen-bond acceptors (Lipinski definition) is 1. The van der Waals surface area contributed by atoms with Crippen LogP contribution in [0.4, 0.5) is 0 Å². The average Bonchev–Trinajstić information content (AvgIpc) is 2.43. The van der Waals surface area contributed by atoms with Crippen molar-refractivity contribution >= 4 is 0 Å². The number of nitrogens with zero attached hydrogens (tertiary/aromatic N) is 1. The zero-order chi connectivity index (χ0) is 11.8. The van der Waals surface area contributed by atoms with E-state index in [0.717, 1.165) is 17.9 Å². The predicted molar refractivity (Wildman–Crippen MR) is 68.0 cm³/mol. The molecule has 1 rings (SSSR count). The summed E-state index contributed by atoms with van der Waals surface area (Å²) in [4.78, 5) is 2.68. The van der Waals surface area contributed by atoms with Crippen LogP contribution in [0.2, 0.25) is 0 Å². The molecule has 0 aliphatic carbocycles. The molecule has 90 valence electrons. The monoisotopic (exact) mass is 211 g/mol. The van der Waals surface area contributed by atoms with Gasteiger partial charge < -0.3 is 0 Å². The molecule has 1 heteroatoms. The number of hydrogen-bond donors (Lipinski definition) is 0. The van der Waals surface area contributed by atoms with E-state index in [4.69, 9.17) is 0 Å². The van der Waals surface area contributed by atoms with Gasteiger partial charge in [-0.1, -0.05) is 27.7 Å². The Morgan fingerprint density at radius 3 is 1.67 bits per heavy atom. The first kappa shape index (κ1) is 13.0. The molecular weight excluding hydrogens is 182 g/mol. The number of likely N-dealkylation sites (tertiary alicyclic amines) is 1. The highest BCUT2D eigenvalue weighted by atomic mass is 15.2. The van der Waals surface area contributed by atoms with Crippen molar-refractivity contribution in [1.82, 2.24) is 4.90 Å². The van der Waals surface area contributed by atoms with Crippen molar-refractivity contribution in [3.63, 3.8) is 0 Å². The molecule has 0 bridgehead atoms. The van der Waals surface area contributed by atoms with Crippen LogP contribution in [0.1, 0.15) is 54.9 Å². The highest BCUT2D eigenvalue weighted by Gasteiger charge is 2.49. The van der Waals surface area contributed by atoms with Gasteiger partial charge in [-0.2, -0.15) is 0 Å². The summed E-state index contributed by atoms with van der Waals surface area (Å²) in [6, 6.07) is 1.43. The van der Waals surface area contributed by atoms with E-state index < -0.39 is 0 Å². The Morgan fingerprint density at radius 2 is 1.47 bits per heavy atom. The summed E-state index contributed by atoms with van der Waals surface area (Å²) < 4.78 is 0. The first-order chi connectivity index (χ1) is 6.84. The Kier molecular flexibility index (Phi) is 3.86. The average molecular weight is 211 g/mol. The molecule has 1 fully saturated rings. The lowest BCUT2D eigenvalue weighted by atomic mass is 9.64. The molecule has 0 N–H and O–H groups in total. The van der Waals surface area contributed by atoms with Crippen molar-refractivity contribution in [2.45, 2.75) is 67.0 Å². The minimum atomic E-state index is 0.532. The summed E-state index contributed by atoms with van der Waals surface area (Å²) in [5, 5.41) is 0. The largest absolute Gasteiger partial charge is 0.298 e. The van der Waals surface area contributed by atoms with Gasteiger partial charge in [-0.05, 0) is 51.0 Å². The molecule has 1 heterocycles. The van der Waals surface area contributed by atoms with Crippen LogP contribution in [0.5, 0.6) is 0 Å². The third kappa shape index (κ3) is 1.95. The molecule has 1 aliphatic rings. The topological polar surface area (TPSA) is 3.24 Å². The molecule has 0 aromatic carbocycles. The molecule has 1 atom stereocenters. The SMILES string of the molecule is CC(C)N1CCC(C(C)C)(C(C)C)C1C. The fourth-order valence-electron chi connectivity index (χ4n) is 3.95. The van der Waals surface area contributed by atoms with E-state index in [-0.39, 0.29) is 0 Å². The zero-order valence-corrected chi connectivity index (χ0v) is 11.7. The summed E-state index contributed by atoms with van der Waals surface area (Å²) in [6.45, 7) is 18.0. The fourth-order valence-corrected chi connectivity index (χ4v) is 3.95. The molecule has 15 heavy (non-hydrogen) atoms. The van der Waals surface area contributed by atoms with Crippen LogP contribution >= 0.6 is 0 Å². The molecule has 0 spiro atoms. The maximum atomic E-state index is 2.68. The van der Waals surface area contributed by atoms with E-state index in [1.807, 2.05) is 0 Å². The Bertz CT molecular complexity index is 197. The van der Waals surface area contributed by atoms with Crippen molar-refractivity contribution in [1.29, 1.82) is 0 Å². The second-order valence-electron chi connectivity index (χ2n) is 6.18. The van der Waals surface area contributed by atoms with Crippen molar-refractivity contribution in [3.8, 4) is 0 Å². The van der Waals surface area contributed by atoms with Gasteiger partial charge >= 0.3 is 0 Å². The molecule has 1 unspecified atom stereocenters. The second kappa shape index (κ2) is 4.45. The molecule has 0 aromatic heterocycles. The van der Waals surface area contributed by atoms with Gasteiger partial charge in [0.05, 0.1) is 0 Å². The molecular formula is C14H29N. The van der Waals surface area contributed by atoms with Crippen LogP contribution in [-0.4, -0.2) is 23.5 Å². The highest BCUT2D eigenvalue weighted by Crippen LogP contribution is 2.49. The zero-order valence-electron chi connectivity index (χ0n) is 11.7. The number of rotatable bonds is 3. The van der Waals surface area contributed by atoms with Crippen molar-refractivity contribution in [2.75, 3.05) is 6.54 Å². The van der Waals surface area contributed by atoms with Crippen LogP contribution in [0.3, 0.4) is 0 Å². The smallest absolute Gasteiger partial charge is 0.0131 e. The molecule has 0 amide bonds. The minimum Gasteiger partial charge on any atom is -0.298 e. The van der Waals surface area contributed by atoms with Crippen molar-refractivity contribution in [3.05, 3.63) is 0 Å². The van der Waals surface area contributed by atoms with Crippen molar-refractivity contribution in [2.24, 2.45) is 17.3 Å². The van der Waals surface area contributed by atoms with Gasteiger partial charge in [0.1, 0.15) is 0 Å². The summed E-state index contributed by atoms with van der Waals surface area (Å²) in [7, 11) is 0. The van der Waals surface area contributed by atoms with Crippen LogP contribution in [0.25, 0.3) is 0 Å². The van der Waals surface area contributed by atoms with Gasteiger partial charge in [-0.3, -0.25) is 4.90 Å². The van der Waals surface area contributed by atoms with Gasteiger partial charge in [0.2, 0.25) is 0 Å². The van der Waals surface area contributed by atoms with Crippen molar-refractivity contribution < 1.29 is 0 Å². The lowest BCUT2D eigenvalue weighted by Crippen LogP contribution is -2.46. The molecule has 0 aromatic rings. The Balaban J connectivity index is 2.94. The predicted octanol–water partition coefficient (Wildman–Crippen LogP) is 3.79. The van der Waals surface area contributed by atoms with Gasteiger partial charge in [-0.15, -0.1) is 0 Å². The van der Waals surface area contributed by atoms with E-state index in [1.165, 1.54) is 13.0 Å². The maximum Gasteiger partial charge on any atom is 0.0131 e. The van der Waals surface area contributed by atoms with E-state index >= 15 is 0 Å². The summed E-state index contributed by atoms with van der Waals surface area (Å²) in [5.41, 5.74) is 0.532. The van der Waals surface area contributed by atoms with Crippen LogP contribution in [-0.2, 0) is 0 Å². The normalized spacial score (nSPS) is 27.2. The summed E-state index contributed by atoms with van der Waals surface area (Å²) in [6.07, 6.45) is 1.38. The minimum absolute atomic E-state index is 0.532. The summed E-state index contributed by atoms with van der Waals surface area (Å²) in [5.74, 6) is 1.58.